The van der Waals surface area contributed by atoms with Crippen molar-refractivity contribution < 1.29 is 4.48 Å². The van der Waals surface area contributed by atoms with Crippen molar-refractivity contribution in [2.24, 2.45) is 0 Å². The number of anilines is 1. The van der Waals surface area contributed by atoms with Crippen molar-refractivity contribution in [1.29, 1.82) is 0 Å². The van der Waals surface area contributed by atoms with Crippen LogP contribution in [0.1, 0.15) is 25.5 Å². The van der Waals surface area contributed by atoms with Crippen molar-refractivity contribution in [3.05, 3.63) is 42.4 Å². The average Bonchev–Trinajstić information content (AvgIpc) is 3.05. The normalized spacial score (nSPS) is 19.1. The quantitative estimate of drug-likeness (QED) is 0.661. The number of nitrogens with zero attached hydrogens (tertiary/aromatic N) is 8. The minimum atomic E-state index is 0.115. The van der Waals surface area contributed by atoms with Gasteiger partial charge in [0.1, 0.15) is 12.5 Å². The molecule has 1 saturated carbocycles. The van der Waals surface area contributed by atoms with E-state index in [2.05, 4.69) is 27.4 Å². The molecule has 3 aliphatic rings. The Kier molecular flexibility index (Phi) is 2.41. The lowest BCUT2D eigenvalue weighted by Gasteiger charge is -2.29. The summed E-state index contributed by atoms with van der Waals surface area (Å²) in [5, 5.41) is 17.9. The van der Waals surface area contributed by atoms with E-state index in [-0.39, 0.29) is 12.1 Å². The molecular formula is C17H15FN8. The summed E-state index contributed by atoms with van der Waals surface area (Å²) in [6, 6.07) is 7.80. The first-order chi connectivity index (χ1) is 12.6. The summed E-state index contributed by atoms with van der Waals surface area (Å²) in [7, 11) is 0. The van der Waals surface area contributed by atoms with Crippen molar-refractivity contribution in [1.82, 2.24) is 34.9 Å². The summed E-state index contributed by atoms with van der Waals surface area (Å²) in [4.78, 5) is 1.90. The lowest BCUT2D eigenvalue weighted by atomic mass is 10.1. The van der Waals surface area contributed by atoms with E-state index in [4.69, 9.17) is 0 Å². The van der Waals surface area contributed by atoms with Crippen LogP contribution in [0.25, 0.3) is 23.2 Å². The molecule has 0 atom stereocenters. The molecule has 0 radical (unpaired) electrons. The largest absolute Gasteiger partial charge is 0.304 e. The standard InChI is InChI=1S/C17H15FN8/c1-17(6-7-17)13-8-25(22-19-13)16-21-20-15-11-4-2-3-5-12(11)24-10-23(18)9-14(24)26(15)16/h2-5,8-9H,6-7,10H2,1H3. The Morgan fingerprint density at radius 2 is 1.96 bits per heavy atom. The molecule has 9 heteroatoms. The summed E-state index contributed by atoms with van der Waals surface area (Å²) in [6.07, 6.45) is 5.59. The van der Waals surface area contributed by atoms with E-state index in [0.29, 0.717) is 22.7 Å². The van der Waals surface area contributed by atoms with Crippen LogP contribution < -0.4 is 4.90 Å². The summed E-state index contributed by atoms with van der Waals surface area (Å²) in [5.41, 5.74) is 2.89. The molecule has 4 heterocycles. The Labute approximate surface area is 148 Å². The molecule has 1 fully saturated rings. The fraction of sp³-hybridized carbons (Fsp3) is 0.294. The van der Waals surface area contributed by atoms with Crippen molar-refractivity contribution in [3.8, 4) is 17.3 Å². The fourth-order valence-electron chi connectivity index (χ4n) is 3.61. The van der Waals surface area contributed by atoms with Crippen LogP contribution in [-0.4, -0.2) is 41.5 Å². The average molecular weight is 350 g/mol. The molecule has 1 aliphatic carbocycles. The predicted molar refractivity (Wildman–Crippen MR) is 91.5 cm³/mol. The maximum atomic E-state index is 14.0. The Balaban J connectivity index is 1.56. The Bertz CT molecular complexity index is 1080. The number of halogens is 1. The lowest BCUT2D eigenvalue weighted by molar-refractivity contribution is 0.104. The molecule has 2 aliphatic heterocycles. The smallest absolute Gasteiger partial charge is 0.259 e. The van der Waals surface area contributed by atoms with Crippen molar-refractivity contribution >= 4 is 11.5 Å². The predicted octanol–water partition coefficient (Wildman–Crippen LogP) is 2.31. The molecule has 0 spiro atoms. The van der Waals surface area contributed by atoms with Crippen LogP contribution in [0.2, 0.25) is 0 Å². The van der Waals surface area contributed by atoms with E-state index in [1.54, 1.807) is 4.68 Å². The highest BCUT2D eigenvalue weighted by atomic mass is 19.2. The van der Waals surface area contributed by atoms with Gasteiger partial charge in [0.25, 0.3) is 5.95 Å². The van der Waals surface area contributed by atoms with Crippen molar-refractivity contribution in [2.45, 2.75) is 25.2 Å². The second-order valence-corrected chi connectivity index (χ2v) is 7.24. The first-order valence-corrected chi connectivity index (χ1v) is 8.54. The number of para-hydroxylation sites is 1. The van der Waals surface area contributed by atoms with E-state index in [9.17, 15) is 4.48 Å². The highest BCUT2D eigenvalue weighted by molar-refractivity contribution is 5.89. The van der Waals surface area contributed by atoms with Crippen molar-refractivity contribution in [3.63, 3.8) is 0 Å². The molecule has 0 bridgehead atoms. The molecule has 1 aromatic carbocycles. The highest BCUT2D eigenvalue weighted by Gasteiger charge is 2.42. The number of aromatic nitrogens is 6. The fourth-order valence-corrected chi connectivity index (χ4v) is 3.61. The van der Waals surface area contributed by atoms with Gasteiger partial charge in [0.05, 0.1) is 23.8 Å². The van der Waals surface area contributed by atoms with Crippen LogP contribution >= 0.6 is 0 Å². The summed E-state index contributed by atoms with van der Waals surface area (Å²) in [6.45, 7) is 2.31. The minimum absolute atomic E-state index is 0.115. The Morgan fingerprint density at radius 3 is 2.81 bits per heavy atom. The molecule has 26 heavy (non-hydrogen) atoms. The van der Waals surface area contributed by atoms with Gasteiger partial charge in [0.15, 0.2) is 5.82 Å². The van der Waals surface area contributed by atoms with Crippen LogP contribution in [0.3, 0.4) is 0 Å². The van der Waals surface area contributed by atoms with Gasteiger partial charge >= 0.3 is 0 Å². The maximum absolute atomic E-state index is 14.0. The molecule has 0 saturated heterocycles. The van der Waals surface area contributed by atoms with Gasteiger partial charge < -0.3 is 4.90 Å². The lowest BCUT2D eigenvalue weighted by Crippen LogP contribution is -2.29. The first-order valence-electron chi connectivity index (χ1n) is 8.54. The van der Waals surface area contributed by atoms with Gasteiger partial charge in [-0.3, -0.25) is 0 Å². The zero-order valence-corrected chi connectivity index (χ0v) is 14.0. The van der Waals surface area contributed by atoms with E-state index in [1.807, 2.05) is 39.9 Å². The molecule has 0 N–H and O–H groups in total. The monoisotopic (exact) mass is 350 g/mol. The third-order valence-electron chi connectivity index (χ3n) is 5.44. The summed E-state index contributed by atoms with van der Waals surface area (Å²) in [5.74, 6) is 1.84. The second-order valence-electron chi connectivity index (χ2n) is 7.24. The van der Waals surface area contributed by atoms with Crippen molar-refractivity contribution in [2.75, 3.05) is 11.6 Å². The van der Waals surface area contributed by atoms with Gasteiger partial charge in [0.2, 0.25) is 0 Å². The third-order valence-corrected chi connectivity index (χ3v) is 5.44. The molecule has 0 amide bonds. The summed E-state index contributed by atoms with van der Waals surface area (Å²) >= 11 is 0. The van der Waals surface area contributed by atoms with Gasteiger partial charge in [-0.05, 0) is 25.0 Å². The van der Waals surface area contributed by atoms with Gasteiger partial charge in [-0.25, -0.2) is 4.57 Å². The number of hydrogen-bond acceptors (Lipinski definition) is 6. The number of benzene rings is 1. The molecule has 0 unspecified atom stereocenters. The maximum Gasteiger partial charge on any atom is 0.259 e. The Hall–Kier alpha value is -3.23. The molecule has 8 nitrogen and oxygen atoms in total. The van der Waals surface area contributed by atoms with Gasteiger partial charge in [-0.15, -0.1) is 15.3 Å². The van der Waals surface area contributed by atoms with Crippen LogP contribution in [0, 0.1) is 0 Å². The van der Waals surface area contributed by atoms with E-state index in [0.717, 1.165) is 29.8 Å². The van der Waals surface area contributed by atoms with Gasteiger partial charge in [-0.1, -0.05) is 28.8 Å². The zero-order chi connectivity index (χ0) is 17.5. The molecule has 130 valence electrons. The number of hydrogen-bond donors (Lipinski definition) is 0. The molecule has 6 rings (SSSR count). The van der Waals surface area contributed by atoms with Crippen LogP contribution in [0.15, 0.2) is 36.7 Å². The van der Waals surface area contributed by atoms with E-state index < -0.39 is 0 Å². The third kappa shape index (κ3) is 1.72. The number of fused-ring (bicyclic) bond motifs is 6. The first kappa shape index (κ1) is 14.0. The van der Waals surface area contributed by atoms with E-state index >= 15 is 0 Å². The van der Waals surface area contributed by atoms with Crippen LogP contribution in [-0.2, 0) is 5.41 Å². The zero-order valence-electron chi connectivity index (χ0n) is 14.0. The highest BCUT2D eigenvalue weighted by Crippen LogP contribution is 2.47. The number of rotatable bonds is 2. The molecule has 2 aromatic heterocycles. The minimum Gasteiger partial charge on any atom is -0.304 e. The summed E-state index contributed by atoms with van der Waals surface area (Å²) < 4.78 is 17.5. The second kappa shape index (κ2) is 4.48. The van der Waals surface area contributed by atoms with Crippen LogP contribution in [0.4, 0.5) is 10.2 Å². The topological polar surface area (TPSA) is 67.9 Å². The van der Waals surface area contributed by atoms with Gasteiger partial charge in [-0.2, -0.15) is 9.80 Å². The Morgan fingerprint density at radius 1 is 1.12 bits per heavy atom. The molecule has 3 aromatic rings. The van der Waals surface area contributed by atoms with Crippen LogP contribution in [0.5, 0.6) is 0 Å². The SMILES string of the molecule is CC1(c2cn(-c3nnc4n3C3=CN(F)CN3c3ccccc3-4)nn2)CC1. The van der Waals surface area contributed by atoms with Gasteiger partial charge in [0, 0.05) is 11.0 Å². The van der Waals surface area contributed by atoms with E-state index in [1.165, 1.54) is 6.20 Å². The molecular weight excluding hydrogens is 335 g/mol.